The van der Waals surface area contributed by atoms with Crippen molar-refractivity contribution >= 4 is 5.69 Å². The third kappa shape index (κ3) is 2.11. The number of hydrogen-bond acceptors (Lipinski definition) is 2. The Bertz CT molecular complexity index is 534. The lowest BCUT2D eigenvalue weighted by Gasteiger charge is -2.50. The van der Waals surface area contributed by atoms with E-state index in [2.05, 4.69) is 63.2 Å². The number of nitrogens with one attached hydrogen (secondary N) is 1. The van der Waals surface area contributed by atoms with Crippen LogP contribution in [0.25, 0.3) is 0 Å². The first kappa shape index (κ1) is 14.9. The minimum Gasteiger partial charge on any atom is -0.384 e. The van der Waals surface area contributed by atoms with Gasteiger partial charge in [0.05, 0.1) is 0 Å². The van der Waals surface area contributed by atoms with E-state index >= 15 is 0 Å². The van der Waals surface area contributed by atoms with Crippen LogP contribution in [-0.2, 0) is 6.42 Å². The number of nitrogens with zero attached hydrogens (tertiary/aromatic N) is 1. The Morgan fingerprint density at radius 1 is 1.38 bits per heavy atom. The van der Waals surface area contributed by atoms with Gasteiger partial charge in [0.15, 0.2) is 0 Å². The smallest absolute Gasteiger partial charge is 0.0376 e. The van der Waals surface area contributed by atoms with E-state index in [-0.39, 0.29) is 5.41 Å². The maximum Gasteiger partial charge on any atom is 0.0376 e. The zero-order valence-electron chi connectivity index (χ0n) is 14.3. The quantitative estimate of drug-likeness (QED) is 0.892. The molecule has 2 nitrogen and oxygen atoms in total. The van der Waals surface area contributed by atoms with Gasteiger partial charge in [-0.2, -0.15) is 0 Å². The molecule has 1 N–H and O–H groups in total. The van der Waals surface area contributed by atoms with E-state index in [0.29, 0.717) is 11.5 Å². The predicted octanol–water partition coefficient (Wildman–Crippen LogP) is 4.27. The molecule has 2 heterocycles. The van der Waals surface area contributed by atoms with Gasteiger partial charge in [-0.05, 0) is 62.4 Å². The van der Waals surface area contributed by atoms with Gasteiger partial charge in [0.1, 0.15) is 0 Å². The second-order valence-corrected chi connectivity index (χ2v) is 7.73. The maximum atomic E-state index is 3.64. The molecule has 1 aromatic rings. The van der Waals surface area contributed by atoms with Crippen LogP contribution in [0.15, 0.2) is 18.2 Å². The third-order valence-electron chi connectivity index (χ3n) is 6.66. The van der Waals surface area contributed by atoms with Gasteiger partial charge in [0.2, 0.25) is 0 Å². The fraction of sp³-hybridized carbons (Fsp3) is 0.684. The largest absolute Gasteiger partial charge is 0.384 e. The van der Waals surface area contributed by atoms with Crippen molar-refractivity contribution in [1.29, 1.82) is 0 Å². The summed E-state index contributed by atoms with van der Waals surface area (Å²) >= 11 is 0. The van der Waals surface area contributed by atoms with Crippen LogP contribution in [-0.4, -0.2) is 30.6 Å². The molecular formula is C19H30N2. The van der Waals surface area contributed by atoms with Crippen LogP contribution in [0.1, 0.15) is 57.6 Å². The Kier molecular flexibility index (Phi) is 3.56. The highest BCUT2D eigenvalue weighted by Crippen LogP contribution is 2.53. The van der Waals surface area contributed by atoms with Crippen molar-refractivity contribution in [2.75, 3.05) is 25.5 Å². The molecule has 0 spiro atoms. The molecule has 116 valence electrons. The number of aryl methyl sites for hydroxylation is 1. The first-order chi connectivity index (χ1) is 9.90. The molecule has 2 aliphatic heterocycles. The molecule has 0 radical (unpaired) electrons. The molecule has 0 amide bonds. The first-order valence-corrected chi connectivity index (χ1v) is 8.48. The molecule has 2 aliphatic rings. The van der Waals surface area contributed by atoms with Crippen LogP contribution in [0.5, 0.6) is 0 Å². The number of rotatable bonds is 3. The van der Waals surface area contributed by atoms with E-state index in [1.807, 2.05) is 0 Å². The topological polar surface area (TPSA) is 15.3 Å². The Labute approximate surface area is 129 Å². The van der Waals surface area contributed by atoms with Crippen molar-refractivity contribution in [3.05, 3.63) is 29.3 Å². The highest BCUT2D eigenvalue weighted by atomic mass is 15.2. The van der Waals surface area contributed by atoms with Crippen molar-refractivity contribution < 1.29 is 0 Å². The van der Waals surface area contributed by atoms with Crippen LogP contribution in [0, 0.1) is 5.41 Å². The van der Waals surface area contributed by atoms with Gasteiger partial charge in [-0.1, -0.05) is 32.9 Å². The maximum absolute atomic E-state index is 3.64. The number of fused-ring (bicyclic) bond motifs is 1. The Morgan fingerprint density at radius 2 is 2.14 bits per heavy atom. The molecule has 1 fully saturated rings. The van der Waals surface area contributed by atoms with Gasteiger partial charge in [0.25, 0.3) is 0 Å². The van der Waals surface area contributed by atoms with Gasteiger partial charge in [-0.25, -0.2) is 0 Å². The summed E-state index contributed by atoms with van der Waals surface area (Å²) in [4.78, 5) is 2.59. The third-order valence-corrected chi connectivity index (χ3v) is 6.66. The van der Waals surface area contributed by atoms with Gasteiger partial charge < -0.3 is 10.2 Å². The Balaban J connectivity index is 1.99. The van der Waals surface area contributed by atoms with Crippen LogP contribution >= 0.6 is 0 Å². The summed E-state index contributed by atoms with van der Waals surface area (Å²) in [5, 5.41) is 3.64. The monoisotopic (exact) mass is 286 g/mol. The minimum atomic E-state index is 0.267. The Morgan fingerprint density at radius 3 is 2.76 bits per heavy atom. The SMILES string of the molecule is CCc1ccc2c(c1)C(C(C)(C)[C@@]1(C)CCCN1C)CN2. The van der Waals surface area contributed by atoms with E-state index in [1.165, 1.54) is 30.6 Å². The van der Waals surface area contributed by atoms with Crippen molar-refractivity contribution in [2.45, 2.75) is 58.4 Å². The molecule has 3 rings (SSSR count). The molecule has 0 saturated carbocycles. The average Bonchev–Trinajstić information content (AvgIpc) is 3.03. The van der Waals surface area contributed by atoms with Gasteiger partial charge in [-0.15, -0.1) is 0 Å². The first-order valence-electron chi connectivity index (χ1n) is 8.48. The number of hydrogen-bond donors (Lipinski definition) is 1. The lowest BCUT2D eigenvalue weighted by atomic mass is 9.62. The van der Waals surface area contributed by atoms with Gasteiger partial charge in [0, 0.05) is 23.7 Å². The highest BCUT2D eigenvalue weighted by Gasteiger charge is 2.52. The van der Waals surface area contributed by atoms with Crippen molar-refractivity contribution in [3.63, 3.8) is 0 Å². The van der Waals surface area contributed by atoms with Crippen LogP contribution in [0.4, 0.5) is 5.69 Å². The molecule has 1 aromatic carbocycles. The van der Waals surface area contributed by atoms with Gasteiger partial charge >= 0.3 is 0 Å². The zero-order chi connectivity index (χ0) is 15.3. The average molecular weight is 286 g/mol. The van der Waals surface area contributed by atoms with E-state index < -0.39 is 0 Å². The molecule has 1 unspecified atom stereocenters. The van der Waals surface area contributed by atoms with E-state index in [4.69, 9.17) is 0 Å². The zero-order valence-corrected chi connectivity index (χ0v) is 14.3. The predicted molar refractivity (Wildman–Crippen MR) is 91.1 cm³/mol. The molecular weight excluding hydrogens is 256 g/mol. The van der Waals surface area contributed by atoms with Crippen molar-refractivity contribution in [1.82, 2.24) is 4.90 Å². The summed E-state index contributed by atoms with van der Waals surface area (Å²) in [6.07, 6.45) is 3.77. The van der Waals surface area contributed by atoms with E-state index in [0.717, 1.165) is 13.0 Å². The second-order valence-electron chi connectivity index (χ2n) is 7.73. The number of benzene rings is 1. The van der Waals surface area contributed by atoms with Crippen LogP contribution < -0.4 is 5.32 Å². The van der Waals surface area contributed by atoms with Gasteiger partial charge in [-0.3, -0.25) is 0 Å². The summed E-state index contributed by atoms with van der Waals surface area (Å²) in [5.41, 5.74) is 4.92. The summed E-state index contributed by atoms with van der Waals surface area (Å²) in [6, 6.07) is 7.00. The molecule has 0 aromatic heterocycles. The lowest BCUT2D eigenvalue weighted by molar-refractivity contribution is 0.0321. The second kappa shape index (κ2) is 5.01. The molecule has 21 heavy (non-hydrogen) atoms. The highest BCUT2D eigenvalue weighted by molar-refractivity contribution is 5.60. The Hall–Kier alpha value is -1.02. The standard InChI is InChI=1S/C19H30N2/c1-6-14-8-9-17-15(12-14)16(13-20-17)18(2,3)19(4)10-7-11-21(19)5/h8-9,12,16,20H,6-7,10-11,13H2,1-5H3/t16?,19-/m1/s1. The summed E-state index contributed by atoms with van der Waals surface area (Å²) < 4.78 is 0. The van der Waals surface area contributed by atoms with Crippen LogP contribution in [0.3, 0.4) is 0 Å². The normalized spacial score (nSPS) is 29.5. The summed E-state index contributed by atoms with van der Waals surface area (Å²) in [6.45, 7) is 12.0. The summed E-state index contributed by atoms with van der Waals surface area (Å²) in [7, 11) is 2.31. The molecule has 1 saturated heterocycles. The molecule has 2 heteroatoms. The fourth-order valence-corrected chi connectivity index (χ4v) is 4.53. The van der Waals surface area contributed by atoms with Crippen molar-refractivity contribution in [2.24, 2.45) is 5.41 Å². The summed E-state index contributed by atoms with van der Waals surface area (Å²) in [5.74, 6) is 0.601. The minimum absolute atomic E-state index is 0.267. The number of likely N-dealkylation sites (tertiary alicyclic amines) is 1. The van der Waals surface area contributed by atoms with E-state index in [9.17, 15) is 0 Å². The molecule has 0 bridgehead atoms. The van der Waals surface area contributed by atoms with Crippen LogP contribution in [0.2, 0.25) is 0 Å². The molecule has 2 atom stereocenters. The van der Waals surface area contributed by atoms with Crippen molar-refractivity contribution in [3.8, 4) is 0 Å². The van der Waals surface area contributed by atoms with E-state index in [1.54, 1.807) is 5.56 Å². The fourth-order valence-electron chi connectivity index (χ4n) is 4.53. The number of anilines is 1. The molecule has 0 aliphatic carbocycles. The lowest BCUT2D eigenvalue weighted by Crippen LogP contribution is -2.53.